The highest BCUT2D eigenvalue weighted by molar-refractivity contribution is 4.76. The van der Waals surface area contributed by atoms with Crippen molar-refractivity contribution in [2.75, 3.05) is 6.61 Å². The summed E-state index contributed by atoms with van der Waals surface area (Å²) in [4.78, 5) is 0. The summed E-state index contributed by atoms with van der Waals surface area (Å²) in [5, 5.41) is 0. The minimum absolute atomic E-state index is 0.584. The van der Waals surface area contributed by atoms with Crippen LogP contribution >= 0.6 is 0 Å². The van der Waals surface area contributed by atoms with Crippen molar-refractivity contribution in [1.29, 1.82) is 0 Å². The molecule has 11 heavy (non-hydrogen) atoms. The topological polar surface area (TPSA) is 9.23 Å². The molecule has 0 unspecified atom stereocenters. The molecule has 0 heterocycles. The van der Waals surface area contributed by atoms with Gasteiger partial charge in [-0.1, -0.05) is 25.0 Å². The van der Waals surface area contributed by atoms with Gasteiger partial charge in [-0.25, -0.2) is 0 Å². The smallest absolute Gasteiger partial charge is 0.0575 e. The second-order valence-corrected chi connectivity index (χ2v) is 3.13. The molecule has 0 radical (unpaired) electrons. The van der Waals surface area contributed by atoms with Gasteiger partial charge in [0.15, 0.2) is 0 Å². The van der Waals surface area contributed by atoms with Gasteiger partial charge in [-0.3, -0.25) is 0 Å². The van der Waals surface area contributed by atoms with Crippen molar-refractivity contribution in [2.45, 2.75) is 45.1 Å². The maximum Gasteiger partial charge on any atom is 0.0575 e. The molecule has 0 spiro atoms. The van der Waals surface area contributed by atoms with Crippen molar-refractivity contribution in [3.8, 4) is 0 Å². The summed E-state index contributed by atoms with van der Waals surface area (Å²) in [5.74, 6) is 0. The van der Waals surface area contributed by atoms with E-state index in [0.717, 1.165) is 13.0 Å². The van der Waals surface area contributed by atoms with E-state index in [1.165, 1.54) is 25.7 Å². The third-order valence-corrected chi connectivity index (χ3v) is 2.18. The van der Waals surface area contributed by atoms with E-state index in [4.69, 9.17) is 4.74 Å². The lowest BCUT2D eigenvalue weighted by molar-refractivity contribution is 0.0618. The summed E-state index contributed by atoms with van der Waals surface area (Å²) in [6.45, 7) is 2.96. The summed E-state index contributed by atoms with van der Waals surface area (Å²) in [5.41, 5.74) is 0. The first-order chi connectivity index (χ1) is 5.43. The van der Waals surface area contributed by atoms with Crippen molar-refractivity contribution in [3.63, 3.8) is 0 Å². The van der Waals surface area contributed by atoms with Crippen LogP contribution in [0.5, 0.6) is 0 Å². The fourth-order valence-electron chi connectivity index (χ4n) is 1.52. The molecule has 0 aromatic heterocycles. The van der Waals surface area contributed by atoms with Crippen molar-refractivity contribution in [3.05, 3.63) is 12.2 Å². The van der Waals surface area contributed by atoms with Crippen LogP contribution in [-0.2, 0) is 4.74 Å². The summed E-state index contributed by atoms with van der Waals surface area (Å²) < 4.78 is 5.65. The lowest BCUT2D eigenvalue weighted by atomic mass is 10.3. The monoisotopic (exact) mass is 154 g/mol. The average molecular weight is 154 g/mol. The summed E-state index contributed by atoms with van der Waals surface area (Å²) >= 11 is 0. The predicted molar refractivity (Wildman–Crippen MR) is 47.6 cm³/mol. The largest absolute Gasteiger partial charge is 0.378 e. The van der Waals surface area contributed by atoms with Crippen LogP contribution < -0.4 is 0 Å². The van der Waals surface area contributed by atoms with Crippen LogP contribution in [-0.4, -0.2) is 12.7 Å². The van der Waals surface area contributed by atoms with Crippen LogP contribution in [0.1, 0.15) is 39.0 Å². The van der Waals surface area contributed by atoms with Crippen molar-refractivity contribution in [1.82, 2.24) is 0 Å². The Bertz CT molecular complexity index is 112. The van der Waals surface area contributed by atoms with E-state index in [0.29, 0.717) is 6.10 Å². The minimum Gasteiger partial charge on any atom is -0.378 e. The van der Waals surface area contributed by atoms with Crippen LogP contribution in [0.3, 0.4) is 0 Å². The van der Waals surface area contributed by atoms with Gasteiger partial charge < -0.3 is 4.74 Å². The number of rotatable bonds is 4. The highest BCUT2D eigenvalue weighted by atomic mass is 16.5. The highest BCUT2D eigenvalue weighted by Crippen LogP contribution is 2.20. The molecule has 0 bridgehead atoms. The van der Waals surface area contributed by atoms with E-state index in [9.17, 15) is 0 Å². The Morgan fingerprint density at radius 1 is 1.36 bits per heavy atom. The molecule has 0 N–H and O–H groups in total. The lowest BCUT2D eigenvalue weighted by Crippen LogP contribution is -2.07. The molecule has 1 rings (SSSR count). The Labute approximate surface area is 69.4 Å². The maximum atomic E-state index is 5.65. The van der Waals surface area contributed by atoms with Crippen LogP contribution in [0.4, 0.5) is 0 Å². The van der Waals surface area contributed by atoms with Crippen LogP contribution in [0, 0.1) is 0 Å². The van der Waals surface area contributed by atoms with E-state index in [1.807, 2.05) is 0 Å². The Morgan fingerprint density at radius 2 is 2.09 bits per heavy atom. The lowest BCUT2D eigenvalue weighted by Gasteiger charge is -2.08. The van der Waals surface area contributed by atoms with Gasteiger partial charge in [0.25, 0.3) is 0 Å². The Hall–Kier alpha value is -0.300. The van der Waals surface area contributed by atoms with E-state index >= 15 is 0 Å². The quantitative estimate of drug-likeness (QED) is 0.447. The van der Waals surface area contributed by atoms with Gasteiger partial charge in [-0.2, -0.15) is 0 Å². The molecular weight excluding hydrogens is 136 g/mol. The zero-order chi connectivity index (χ0) is 7.94. The van der Waals surface area contributed by atoms with Gasteiger partial charge in [0.05, 0.1) is 12.7 Å². The number of ether oxygens (including phenoxy) is 1. The second kappa shape index (κ2) is 5.36. The first-order valence-corrected chi connectivity index (χ1v) is 4.66. The zero-order valence-corrected chi connectivity index (χ0v) is 7.38. The number of allylic oxidation sites excluding steroid dienone is 1. The molecular formula is C10H18O. The number of hydrogen-bond donors (Lipinski definition) is 0. The average Bonchev–Trinajstić information content (AvgIpc) is 2.50. The molecule has 1 heteroatoms. The van der Waals surface area contributed by atoms with Crippen molar-refractivity contribution in [2.24, 2.45) is 0 Å². The molecule has 64 valence electrons. The molecule has 1 fully saturated rings. The zero-order valence-electron chi connectivity index (χ0n) is 7.38. The standard InChI is InChI=1S/C10H18O/c1-2-3-6-9-11-10-7-4-5-8-10/h2-3,10H,4-9H2,1H3. The molecule has 0 aliphatic heterocycles. The summed E-state index contributed by atoms with van der Waals surface area (Å²) in [7, 11) is 0. The molecule has 1 aliphatic rings. The molecule has 1 aliphatic carbocycles. The first-order valence-electron chi connectivity index (χ1n) is 4.66. The molecule has 0 aromatic rings. The SMILES string of the molecule is CC=CCCOC1CCCC1. The van der Waals surface area contributed by atoms with Gasteiger partial charge in [-0.15, -0.1) is 0 Å². The molecule has 0 aromatic carbocycles. The van der Waals surface area contributed by atoms with Crippen LogP contribution in [0.2, 0.25) is 0 Å². The third kappa shape index (κ3) is 3.57. The molecule has 1 nitrogen and oxygen atoms in total. The van der Waals surface area contributed by atoms with E-state index in [-0.39, 0.29) is 0 Å². The number of hydrogen-bond acceptors (Lipinski definition) is 1. The predicted octanol–water partition coefficient (Wildman–Crippen LogP) is 2.91. The molecule has 0 amide bonds. The first kappa shape index (κ1) is 8.79. The van der Waals surface area contributed by atoms with Gasteiger partial charge in [0.1, 0.15) is 0 Å². The third-order valence-electron chi connectivity index (χ3n) is 2.18. The Balaban J connectivity index is 1.93. The van der Waals surface area contributed by atoms with Crippen LogP contribution in [0.25, 0.3) is 0 Å². The van der Waals surface area contributed by atoms with E-state index < -0.39 is 0 Å². The fraction of sp³-hybridized carbons (Fsp3) is 0.800. The normalized spacial score (nSPS) is 20.1. The van der Waals surface area contributed by atoms with E-state index in [2.05, 4.69) is 19.1 Å². The van der Waals surface area contributed by atoms with Gasteiger partial charge >= 0.3 is 0 Å². The molecule has 1 saturated carbocycles. The Morgan fingerprint density at radius 3 is 2.73 bits per heavy atom. The van der Waals surface area contributed by atoms with Gasteiger partial charge in [-0.05, 0) is 26.2 Å². The minimum atomic E-state index is 0.584. The van der Waals surface area contributed by atoms with Gasteiger partial charge in [0.2, 0.25) is 0 Å². The van der Waals surface area contributed by atoms with E-state index in [1.54, 1.807) is 0 Å². The fourth-order valence-corrected chi connectivity index (χ4v) is 1.52. The summed E-state index contributed by atoms with van der Waals surface area (Å²) in [6.07, 6.45) is 11.2. The van der Waals surface area contributed by atoms with Gasteiger partial charge in [0, 0.05) is 0 Å². The molecule has 0 saturated heterocycles. The van der Waals surface area contributed by atoms with Crippen molar-refractivity contribution < 1.29 is 4.74 Å². The maximum absolute atomic E-state index is 5.65. The molecule has 0 atom stereocenters. The summed E-state index contributed by atoms with van der Waals surface area (Å²) in [6, 6.07) is 0. The highest BCUT2D eigenvalue weighted by Gasteiger charge is 2.14. The van der Waals surface area contributed by atoms with Crippen molar-refractivity contribution >= 4 is 0 Å². The Kier molecular flexibility index (Phi) is 4.29. The second-order valence-electron chi connectivity index (χ2n) is 3.13. The van der Waals surface area contributed by atoms with Crippen LogP contribution in [0.15, 0.2) is 12.2 Å².